The number of aryl methyl sites for hydroxylation is 1. The van der Waals surface area contributed by atoms with Gasteiger partial charge in [0.25, 0.3) is 0 Å². The van der Waals surface area contributed by atoms with E-state index in [4.69, 9.17) is 5.73 Å². The number of pyridine rings is 1. The van der Waals surface area contributed by atoms with Crippen LogP contribution in [-0.2, 0) is 4.79 Å². The Morgan fingerprint density at radius 1 is 1.40 bits per heavy atom. The Kier molecular flexibility index (Phi) is 4.87. The SMILES string of the molecule is Cc1cc(Br)cnc1NC(=O)C(CN)c1ccccc1. The van der Waals surface area contributed by atoms with Gasteiger partial charge in [-0.3, -0.25) is 4.79 Å². The van der Waals surface area contributed by atoms with E-state index < -0.39 is 0 Å². The van der Waals surface area contributed by atoms with Crippen molar-refractivity contribution in [1.82, 2.24) is 4.98 Å². The number of carbonyl (C=O) groups is 1. The first-order chi connectivity index (χ1) is 9.61. The molecule has 3 N–H and O–H groups in total. The van der Waals surface area contributed by atoms with Gasteiger partial charge in [0, 0.05) is 17.2 Å². The van der Waals surface area contributed by atoms with Crippen LogP contribution in [0, 0.1) is 6.92 Å². The van der Waals surface area contributed by atoms with Gasteiger partial charge in [0.2, 0.25) is 5.91 Å². The van der Waals surface area contributed by atoms with Gasteiger partial charge in [0.1, 0.15) is 5.82 Å². The predicted octanol–water partition coefficient (Wildman–Crippen LogP) is 2.83. The van der Waals surface area contributed by atoms with Crippen LogP contribution in [0.1, 0.15) is 17.0 Å². The maximum absolute atomic E-state index is 12.3. The van der Waals surface area contributed by atoms with Crippen LogP contribution in [0.15, 0.2) is 47.1 Å². The fraction of sp³-hybridized carbons (Fsp3) is 0.200. The summed E-state index contributed by atoms with van der Waals surface area (Å²) in [5.74, 6) is 0.0465. The summed E-state index contributed by atoms with van der Waals surface area (Å²) < 4.78 is 0.881. The van der Waals surface area contributed by atoms with E-state index in [0.717, 1.165) is 15.6 Å². The van der Waals surface area contributed by atoms with Crippen LogP contribution in [0.5, 0.6) is 0 Å². The first-order valence-electron chi connectivity index (χ1n) is 6.30. The van der Waals surface area contributed by atoms with Gasteiger partial charge >= 0.3 is 0 Å². The number of anilines is 1. The second kappa shape index (κ2) is 6.63. The molecule has 5 heteroatoms. The summed E-state index contributed by atoms with van der Waals surface area (Å²) in [6, 6.07) is 11.4. The third-order valence-electron chi connectivity index (χ3n) is 3.04. The summed E-state index contributed by atoms with van der Waals surface area (Å²) in [5.41, 5.74) is 7.54. The minimum absolute atomic E-state index is 0.142. The van der Waals surface area contributed by atoms with Crippen molar-refractivity contribution in [1.29, 1.82) is 0 Å². The van der Waals surface area contributed by atoms with Gasteiger partial charge in [-0.05, 0) is 40.0 Å². The maximum atomic E-state index is 12.3. The molecule has 1 unspecified atom stereocenters. The second-order valence-corrected chi connectivity index (χ2v) is 5.42. The molecule has 1 aromatic heterocycles. The summed E-state index contributed by atoms with van der Waals surface area (Å²) >= 11 is 3.35. The summed E-state index contributed by atoms with van der Waals surface area (Å²) in [6.07, 6.45) is 1.66. The molecule has 2 rings (SSSR count). The molecule has 2 aromatic rings. The molecule has 20 heavy (non-hydrogen) atoms. The molecule has 4 nitrogen and oxygen atoms in total. The molecule has 104 valence electrons. The highest BCUT2D eigenvalue weighted by atomic mass is 79.9. The number of halogens is 1. The number of benzene rings is 1. The Morgan fingerprint density at radius 3 is 2.70 bits per heavy atom. The third kappa shape index (κ3) is 3.43. The number of nitrogens with two attached hydrogens (primary N) is 1. The van der Waals surface area contributed by atoms with Crippen LogP contribution in [-0.4, -0.2) is 17.4 Å². The van der Waals surface area contributed by atoms with E-state index in [2.05, 4.69) is 26.2 Å². The monoisotopic (exact) mass is 333 g/mol. The zero-order valence-corrected chi connectivity index (χ0v) is 12.7. The molecular weight excluding hydrogens is 318 g/mol. The molecule has 1 atom stereocenters. The number of nitrogens with one attached hydrogen (secondary N) is 1. The fourth-order valence-corrected chi connectivity index (χ4v) is 2.40. The molecule has 0 aliphatic heterocycles. The highest BCUT2D eigenvalue weighted by Gasteiger charge is 2.19. The van der Waals surface area contributed by atoms with E-state index in [9.17, 15) is 4.79 Å². The minimum atomic E-state index is -0.374. The lowest BCUT2D eigenvalue weighted by Crippen LogP contribution is -2.28. The highest BCUT2D eigenvalue weighted by Crippen LogP contribution is 2.20. The zero-order chi connectivity index (χ0) is 14.5. The summed E-state index contributed by atoms with van der Waals surface area (Å²) in [6.45, 7) is 2.15. The maximum Gasteiger partial charge on any atom is 0.234 e. The molecule has 0 spiro atoms. The van der Waals surface area contributed by atoms with E-state index in [0.29, 0.717) is 5.82 Å². The van der Waals surface area contributed by atoms with Crippen molar-refractivity contribution in [2.45, 2.75) is 12.8 Å². The lowest BCUT2D eigenvalue weighted by Gasteiger charge is -2.15. The van der Waals surface area contributed by atoms with Crippen molar-refractivity contribution in [2.24, 2.45) is 5.73 Å². The lowest BCUT2D eigenvalue weighted by molar-refractivity contribution is -0.117. The van der Waals surface area contributed by atoms with E-state index in [1.54, 1.807) is 6.20 Å². The van der Waals surface area contributed by atoms with Crippen molar-refractivity contribution in [3.8, 4) is 0 Å². The van der Waals surface area contributed by atoms with Gasteiger partial charge in [-0.2, -0.15) is 0 Å². The van der Waals surface area contributed by atoms with Crippen LogP contribution < -0.4 is 11.1 Å². The van der Waals surface area contributed by atoms with Gasteiger partial charge in [-0.1, -0.05) is 30.3 Å². The standard InChI is InChI=1S/C15H16BrN3O/c1-10-7-12(16)9-18-14(10)19-15(20)13(8-17)11-5-3-2-4-6-11/h2-7,9,13H,8,17H2,1H3,(H,18,19,20). The van der Waals surface area contributed by atoms with Crippen LogP contribution >= 0.6 is 15.9 Å². The van der Waals surface area contributed by atoms with Crippen molar-refractivity contribution >= 4 is 27.7 Å². The lowest BCUT2D eigenvalue weighted by atomic mass is 9.98. The Hall–Kier alpha value is -1.72. The number of hydrogen-bond donors (Lipinski definition) is 2. The summed E-state index contributed by atoms with van der Waals surface area (Å²) in [4.78, 5) is 16.5. The first-order valence-corrected chi connectivity index (χ1v) is 7.09. The van der Waals surface area contributed by atoms with Crippen molar-refractivity contribution in [3.63, 3.8) is 0 Å². The Bertz CT molecular complexity index is 601. The van der Waals surface area contributed by atoms with Crippen molar-refractivity contribution < 1.29 is 4.79 Å². The average Bonchev–Trinajstić information content (AvgIpc) is 2.44. The predicted molar refractivity (Wildman–Crippen MR) is 83.5 cm³/mol. The average molecular weight is 334 g/mol. The number of amides is 1. The largest absolute Gasteiger partial charge is 0.329 e. The van der Waals surface area contributed by atoms with Gasteiger partial charge < -0.3 is 11.1 Å². The Labute approximate surface area is 126 Å². The van der Waals surface area contributed by atoms with Crippen LogP contribution in [0.2, 0.25) is 0 Å². The van der Waals surface area contributed by atoms with Crippen LogP contribution in [0.3, 0.4) is 0 Å². The smallest absolute Gasteiger partial charge is 0.234 e. The summed E-state index contributed by atoms with van der Waals surface area (Å²) in [7, 11) is 0. The molecule has 1 heterocycles. The van der Waals surface area contributed by atoms with Gasteiger partial charge in [-0.25, -0.2) is 4.98 Å². The van der Waals surface area contributed by atoms with Crippen molar-refractivity contribution in [2.75, 3.05) is 11.9 Å². The van der Waals surface area contributed by atoms with Gasteiger partial charge in [0.15, 0.2) is 0 Å². The molecule has 0 bridgehead atoms. The Balaban J connectivity index is 2.18. The van der Waals surface area contributed by atoms with Crippen LogP contribution in [0.4, 0.5) is 5.82 Å². The van der Waals surface area contributed by atoms with E-state index in [1.807, 2.05) is 43.3 Å². The number of hydrogen-bond acceptors (Lipinski definition) is 3. The highest BCUT2D eigenvalue weighted by molar-refractivity contribution is 9.10. The molecule has 0 radical (unpaired) electrons. The molecular formula is C15H16BrN3O. The van der Waals surface area contributed by atoms with Gasteiger partial charge in [-0.15, -0.1) is 0 Å². The van der Waals surface area contributed by atoms with Crippen LogP contribution in [0.25, 0.3) is 0 Å². The molecule has 0 saturated carbocycles. The first kappa shape index (κ1) is 14.7. The minimum Gasteiger partial charge on any atom is -0.329 e. The molecule has 0 saturated heterocycles. The van der Waals surface area contributed by atoms with E-state index >= 15 is 0 Å². The number of carbonyl (C=O) groups excluding carboxylic acids is 1. The molecule has 1 amide bonds. The number of aromatic nitrogens is 1. The topological polar surface area (TPSA) is 68.0 Å². The van der Waals surface area contributed by atoms with Crippen molar-refractivity contribution in [3.05, 3.63) is 58.2 Å². The Morgan fingerprint density at radius 2 is 2.10 bits per heavy atom. The van der Waals surface area contributed by atoms with Gasteiger partial charge in [0.05, 0.1) is 5.92 Å². The van der Waals surface area contributed by atoms with E-state index in [1.165, 1.54) is 0 Å². The number of nitrogens with zero attached hydrogens (tertiary/aromatic N) is 1. The third-order valence-corrected chi connectivity index (χ3v) is 3.47. The fourth-order valence-electron chi connectivity index (χ4n) is 1.96. The molecule has 0 aliphatic rings. The molecule has 0 fully saturated rings. The summed E-state index contributed by atoms with van der Waals surface area (Å²) in [5, 5.41) is 2.84. The quantitative estimate of drug-likeness (QED) is 0.903. The zero-order valence-electron chi connectivity index (χ0n) is 11.1. The normalized spacial score (nSPS) is 11.9. The molecule has 0 aliphatic carbocycles. The van der Waals surface area contributed by atoms with E-state index in [-0.39, 0.29) is 18.4 Å². The number of rotatable bonds is 4. The second-order valence-electron chi connectivity index (χ2n) is 4.51. The molecule has 1 aromatic carbocycles.